The first-order valence-corrected chi connectivity index (χ1v) is 6.99. The van der Waals surface area contributed by atoms with Gasteiger partial charge in [-0.2, -0.15) is 16.8 Å². The fraction of sp³-hybridized carbons (Fsp3) is 0.333. The second-order valence-corrected chi connectivity index (χ2v) is 6.58. The van der Waals surface area contributed by atoms with E-state index in [-0.39, 0.29) is 0 Å². The summed E-state index contributed by atoms with van der Waals surface area (Å²) in [5.41, 5.74) is 3.99. The number of nitrogens with zero attached hydrogens (tertiary/aromatic N) is 2. The van der Waals surface area contributed by atoms with Gasteiger partial charge >= 0.3 is 0 Å². The Morgan fingerprint density at radius 3 is 2.00 bits per heavy atom. The van der Waals surface area contributed by atoms with Gasteiger partial charge in [0.05, 0.1) is 0 Å². The van der Waals surface area contributed by atoms with Crippen LogP contribution in [0.1, 0.15) is 0 Å². The molecule has 17 heavy (non-hydrogen) atoms. The lowest BCUT2D eigenvalue weighted by atomic mass is 10.0. The molecule has 1 aliphatic heterocycles. The Morgan fingerprint density at radius 1 is 1.12 bits per heavy atom. The molecule has 1 atom stereocenters. The number of hydrogen-bond acceptors (Lipinski definition) is 7. The van der Waals surface area contributed by atoms with E-state index >= 15 is 0 Å². The van der Waals surface area contributed by atoms with E-state index in [0.717, 1.165) is 12.2 Å². The van der Waals surface area contributed by atoms with Crippen molar-refractivity contribution in [2.75, 3.05) is 0 Å². The lowest BCUT2D eigenvalue weighted by Crippen LogP contribution is -2.51. The van der Waals surface area contributed by atoms with E-state index in [9.17, 15) is 16.8 Å². The van der Waals surface area contributed by atoms with Gasteiger partial charge < -0.3 is 5.73 Å². The van der Waals surface area contributed by atoms with Crippen LogP contribution in [0.2, 0.25) is 0 Å². The van der Waals surface area contributed by atoms with Crippen LogP contribution in [0.3, 0.4) is 0 Å². The first-order valence-electron chi connectivity index (χ1n) is 4.11. The highest BCUT2D eigenvalue weighted by atomic mass is 32.2. The molecule has 0 fully saturated rings. The molecule has 0 aromatic heterocycles. The quantitative estimate of drug-likeness (QED) is 0.433. The van der Waals surface area contributed by atoms with Gasteiger partial charge in [0.25, 0.3) is 20.2 Å². The number of hydrogen-bond donors (Lipinski definition) is 3. The fourth-order valence-electron chi connectivity index (χ4n) is 1.35. The molecule has 0 saturated carbocycles. The molecule has 0 saturated heterocycles. The third-order valence-corrected chi connectivity index (χ3v) is 4.69. The van der Waals surface area contributed by atoms with Gasteiger partial charge in [-0.05, 0) is 18.2 Å². The van der Waals surface area contributed by atoms with Crippen LogP contribution < -0.4 is 5.73 Å². The Kier molecular flexibility index (Phi) is 2.17. The Hall–Kier alpha value is -1.14. The SMILES string of the molecule is NC1(S(=O)(=O)O)C=CC2(C=C1S(=O)(=O)O)N=N2. The molecule has 0 amide bonds. The minimum absolute atomic E-state index is 0.714. The van der Waals surface area contributed by atoms with Crippen LogP contribution in [0.4, 0.5) is 0 Å². The standard InChI is InChI=1S/C6H7N3O6S2/c7-6(17(13,14)15)2-1-5(8-9-5)3-4(6)16(10,11)12/h1-3H,7H2,(H,10,11,12)(H,13,14,15). The summed E-state index contributed by atoms with van der Waals surface area (Å²) in [6.45, 7) is 0. The van der Waals surface area contributed by atoms with Crippen LogP contribution in [0.25, 0.3) is 0 Å². The van der Waals surface area contributed by atoms with Gasteiger partial charge in [0.15, 0.2) is 0 Å². The first-order chi connectivity index (χ1) is 7.50. The third kappa shape index (κ3) is 1.81. The molecule has 0 aromatic rings. The topological polar surface area (TPSA) is 159 Å². The minimum atomic E-state index is -4.98. The van der Waals surface area contributed by atoms with Gasteiger partial charge in [-0.25, -0.2) is 0 Å². The van der Waals surface area contributed by atoms with Crippen molar-refractivity contribution in [3.63, 3.8) is 0 Å². The van der Waals surface area contributed by atoms with Crippen molar-refractivity contribution in [3.8, 4) is 0 Å². The lowest BCUT2D eigenvalue weighted by Gasteiger charge is -2.27. The summed E-state index contributed by atoms with van der Waals surface area (Å²) in [7, 11) is -9.90. The van der Waals surface area contributed by atoms with Crippen LogP contribution in [0, 0.1) is 0 Å². The van der Waals surface area contributed by atoms with E-state index in [1.165, 1.54) is 0 Å². The third-order valence-electron chi connectivity index (χ3n) is 2.34. The molecule has 2 rings (SSSR count). The van der Waals surface area contributed by atoms with Crippen LogP contribution >= 0.6 is 0 Å². The Labute approximate surface area is 96.2 Å². The predicted molar refractivity (Wildman–Crippen MR) is 54.8 cm³/mol. The zero-order valence-electron chi connectivity index (χ0n) is 8.05. The van der Waals surface area contributed by atoms with Crippen molar-refractivity contribution in [1.29, 1.82) is 0 Å². The molecule has 0 bridgehead atoms. The maximum absolute atomic E-state index is 11.1. The normalized spacial score (nSPS) is 30.4. The second-order valence-electron chi connectivity index (χ2n) is 3.57. The van der Waals surface area contributed by atoms with Crippen LogP contribution in [-0.2, 0) is 20.2 Å². The van der Waals surface area contributed by atoms with E-state index in [0.29, 0.717) is 6.08 Å². The molecular formula is C6H7N3O6S2. The highest BCUT2D eigenvalue weighted by Crippen LogP contribution is 2.41. The molecule has 2 aliphatic rings. The molecule has 4 N–H and O–H groups in total. The van der Waals surface area contributed by atoms with Crippen molar-refractivity contribution < 1.29 is 25.9 Å². The second kappa shape index (κ2) is 3.00. The summed E-state index contributed by atoms with van der Waals surface area (Å²) in [6, 6.07) is 0. The molecular weight excluding hydrogens is 274 g/mol. The summed E-state index contributed by atoms with van der Waals surface area (Å²) in [5, 5.41) is 6.92. The maximum Gasteiger partial charge on any atom is 0.293 e. The van der Waals surface area contributed by atoms with E-state index in [1.807, 2.05) is 0 Å². The monoisotopic (exact) mass is 281 g/mol. The zero-order valence-corrected chi connectivity index (χ0v) is 9.68. The predicted octanol–water partition coefficient (Wildman–Crippen LogP) is -0.967. The Morgan fingerprint density at radius 2 is 1.65 bits per heavy atom. The van der Waals surface area contributed by atoms with Crippen LogP contribution in [-0.4, -0.2) is 36.5 Å². The summed E-state index contributed by atoms with van der Waals surface area (Å²) >= 11 is 0. The number of rotatable bonds is 2. The van der Waals surface area contributed by atoms with Crippen molar-refractivity contribution in [1.82, 2.24) is 0 Å². The van der Waals surface area contributed by atoms with Crippen molar-refractivity contribution in [2.24, 2.45) is 16.0 Å². The Bertz CT molecular complexity index is 667. The molecule has 1 spiro atoms. The summed E-state index contributed by atoms with van der Waals surface area (Å²) in [4.78, 5) is -3.82. The maximum atomic E-state index is 11.1. The van der Waals surface area contributed by atoms with Gasteiger partial charge in [0.1, 0.15) is 4.91 Å². The smallest absolute Gasteiger partial charge is 0.293 e. The van der Waals surface area contributed by atoms with E-state index in [2.05, 4.69) is 10.2 Å². The van der Waals surface area contributed by atoms with Gasteiger partial charge in [0, 0.05) is 0 Å². The van der Waals surface area contributed by atoms with Gasteiger partial charge in [-0.15, -0.1) is 10.2 Å². The van der Waals surface area contributed by atoms with Gasteiger partial charge in [-0.3, -0.25) is 9.11 Å². The first kappa shape index (κ1) is 12.3. The zero-order chi connectivity index (χ0) is 13.1. The number of nitrogens with two attached hydrogens (primary N) is 1. The fourth-order valence-corrected chi connectivity index (χ4v) is 3.33. The van der Waals surface area contributed by atoms with E-state index < -0.39 is 35.7 Å². The van der Waals surface area contributed by atoms with Gasteiger partial charge in [0.2, 0.25) is 10.5 Å². The molecule has 1 heterocycles. The van der Waals surface area contributed by atoms with Gasteiger partial charge in [-0.1, -0.05) is 0 Å². The van der Waals surface area contributed by atoms with E-state index in [1.54, 1.807) is 0 Å². The average Bonchev–Trinajstić information content (AvgIpc) is 2.87. The highest BCUT2D eigenvalue weighted by molar-refractivity contribution is 7.93. The molecule has 0 radical (unpaired) electrons. The Balaban J connectivity index is 2.67. The molecule has 1 unspecified atom stereocenters. The molecule has 1 aliphatic carbocycles. The molecule has 11 heteroatoms. The molecule has 0 aromatic carbocycles. The largest absolute Gasteiger partial charge is 0.303 e. The van der Waals surface area contributed by atoms with Crippen LogP contribution in [0.15, 0.2) is 33.4 Å². The summed E-state index contributed by atoms with van der Waals surface area (Å²) < 4.78 is 62.2. The lowest BCUT2D eigenvalue weighted by molar-refractivity contribution is 0.451. The van der Waals surface area contributed by atoms with Crippen LogP contribution in [0.5, 0.6) is 0 Å². The van der Waals surface area contributed by atoms with E-state index in [4.69, 9.17) is 14.8 Å². The van der Waals surface area contributed by atoms with Crippen molar-refractivity contribution in [2.45, 2.75) is 10.5 Å². The minimum Gasteiger partial charge on any atom is -0.303 e. The van der Waals surface area contributed by atoms with Crippen molar-refractivity contribution in [3.05, 3.63) is 23.1 Å². The average molecular weight is 281 g/mol. The molecule has 9 nitrogen and oxygen atoms in total. The summed E-state index contributed by atoms with van der Waals surface area (Å²) in [5.74, 6) is 0. The molecule has 94 valence electrons. The van der Waals surface area contributed by atoms with Crippen molar-refractivity contribution >= 4 is 20.2 Å². The summed E-state index contributed by atoms with van der Waals surface area (Å²) in [6.07, 6.45) is 2.58. The highest BCUT2D eigenvalue weighted by Gasteiger charge is 2.53.